The van der Waals surface area contributed by atoms with E-state index in [1.165, 1.54) is 0 Å². The first-order chi connectivity index (χ1) is 14.1. The van der Waals surface area contributed by atoms with Crippen molar-refractivity contribution in [3.63, 3.8) is 0 Å². The summed E-state index contributed by atoms with van der Waals surface area (Å²) >= 11 is 13.2. The maximum absolute atomic E-state index is 11.1. The molecule has 0 aromatic carbocycles. The van der Waals surface area contributed by atoms with Gasteiger partial charge in [-0.25, -0.2) is 9.97 Å². The fourth-order valence-corrected chi connectivity index (χ4v) is 4.93. The molecule has 1 atom stereocenters. The van der Waals surface area contributed by atoms with Crippen molar-refractivity contribution < 1.29 is 4.79 Å². The molecule has 0 spiro atoms. The van der Waals surface area contributed by atoms with Crippen molar-refractivity contribution in [3.8, 4) is 0 Å². The SMILES string of the molecule is O=C(Cl)CC1CCN(C2NC=C(c3cccc(Nc4ccc(Cl)cn4)n3)S2)CC1. The highest BCUT2D eigenvalue weighted by molar-refractivity contribution is 8.09. The number of nitrogens with one attached hydrogen (secondary N) is 2. The molecule has 0 radical (unpaired) electrons. The van der Waals surface area contributed by atoms with Crippen LogP contribution in [0.15, 0.2) is 42.7 Å². The number of likely N-dealkylation sites (tertiary alicyclic amines) is 1. The topological polar surface area (TPSA) is 70.2 Å². The maximum atomic E-state index is 11.1. The van der Waals surface area contributed by atoms with Gasteiger partial charge in [-0.3, -0.25) is 9.69 Å². The normalized spacial score (nSPS) is 20.2. The highest BCUT2D eigenvalue weighted by Gasteiger charge is 2.29. The lowest BCUT2D eigenvalue weighted by Crippen LogP contribution is -2.44. The number of thioether (sulfide) groups is 1. The molecule has 2 aliphatic rings. The van der Waals surface area contributed by atoms with E-state index in [1.807, 2.05) is 30.5 Å². The number of carbonyl (C=O) groups excluding carboxylic acids is 1. The highest BCUT2D eigenvalue weighted by atomic mass is 35.5. The van der Waals surface area contributed by atoms with E-state index >= 15 is 0 Å². The number of carbonyl (C=O) groups is 1. The van der Waals surface area contributed by atoms with E-state index in [4.69, 9.17) is 28.2 Å². The van der Waals surface area contributed by atoms with E-state index < -0.39 is 0 Å². The van der Waals surface area contributed by atoms with E-state index in [0.717, 1.165) is 42.3 Å². The average Bonchev–Trinajstić information content (AvgIpc) is 3.20. The van der Waals surface area contributed by atoms with Crippen molar-refractivity contribution in [2.24, 2.45) is 5.92 Å². The van der Waals surface area contributed by atoms with Gasteiger partial charge in [0.05, 0.1) is 15.6 Å². The van der Waals surface area contributed by atoms with Crippen LogP contribution in [0.4, 0.5) is 11.6 Å². The zero-order valence-corrected chi connectivity index (χ0v) is 18.0. The van der Waals surface area contributed by atoms with Crippen molar-refractivity contribution in [2.45, 2.75) is 24.8 Å². The van der Waals surface area contributed by atoms with Gasteiger partial charge >= 0.3 is 0 Å². The number of halogens is 2. The summed E-state index contributed by atoms with van der Waals surface area (Å²) in [5, 5.41) is 7.03. The summed E-state index contributed by atoms with van der Waals surface area (Å²) in [6, 6.07) is 9.50. The minimum Gasteiger partial charge on any atom is -0.366 e. The molecule has 2 aromatic rings. The van der Waals surface area contributed by atoms with Crippen molar-refractivity contribution >= 4 is 56.7 Å². The van der Waals surface area contributed by atoms with Crippen molar-refractivity contribution in [1.29, 1.82) is 0 Å². The van der Waals surface area contributed by atoms with Crippen LogP contribution in [-0.2, 0) is 4.79 Å². The smallest absolute Gasteiger partial charge is 0.221 e. The molecule has 0 amide bonds. The third-order valence-electron chi connectivity index (χ3n) is 5.01. The second-order valence-corrected chi connectivity index (χ2v) is 9.06. The minimum absolute atomic E-state index is 0.189. The van der Waals surface area contributed by atoms with E-state index in [-0.39, 0.29) is 10.7 Å². The molecule has 9 heteroatoms. The van der Waals surface area contributed by atoms with E-state index in [0.29, 0.717) is 23.2 Å². The number of hydrogen-bond donors (Lipinski definition) is 2. The van der Waals surface area contributed by atoms with Gasteiger partial charge in [-0.2, -0.15) is 0 Å². The minimum atomic E-state index is -0.228. The van der Waals surface area contributed by atoms with E-state index in [9.17, 15) is 4.79 Å². The number of hydrogen-bond acceptors (Lipinski definition) is 7. The zero-order chi connectivity index (χ0) is 20.2. The summed E-state index contributed by atoms with van der Waals surface area (Å²) in [6.07, 6.45) is 6.10. The predicted molar refractivity (Wildman–Crippen MR) is 119 cm³/mol. The first kappa shape index (κ1) is 20.5. The Kier molecular flexibility index (Phi) is 6.60. The number of piperidine rings is 1. The molecule has 2 aromatic heterocycles. The molecule has 0 saturated carbocycles. The quantitative estimate of drug-likeness (QED) is 0.621. The van der Waals surface area contributed by atoms with Gasteiger partial charge in [0.2, 0.25) is 5.24 Å². The Morgan fingerprint density at radius 2 is 2.07 bits per heavy atom. The van der Waals surface area contributed by atoms with Crippen molar-refractivity contribution in [1.82, 2.24) is 20.2 Å². The Morgan fingerprint density at radius 3 is 2.79 bits per heavy atom. The summed E-state index contributed by atoms with van der Waals surface area (Å²) in [7, 11) is 0. The Morgan fingerprint density at radius 1 is 1.24 bits per heavy atom. The average molecular weight is 450 g/mol. The molecule has 4 rings (SSSR count). The Bertz CT molecular complexity index is 900. The Labute approximate surface area is 184 Å². The van der Waals surface area contributed by atoms with Gasteiger partial charge in [-0.15, -0.1) is 0 Å². The van der Waals surface area contributed by atoms with Crippen LogP contribution in [0, 0.1) is 5.92 Å². The number of pyridine rings is 2. The third-order valence-corrected chi connectivity index (χ3v) is 6.63. The van der Waals surface area contributed by atoms with Crippen LogP contribution >= 0.6 is 35.0 Å². The highest BCUT2D eigenvalue weighted by Crippen LogP contribution is 2.37. The lowest BCUT2D eigenvalue weighted by atomic mass is 9.94. The maximum Gasteiger partial charge on any atom is 0.221 e. The van der Waals surface area contributed by atoms with Gasteiger partial charge in [0.25, 0.3) is 0 Å². The monoisotopic (exact) mass is 449 g/mol. The van der Waals surface area contributed by atoms with Crippen LogP contribution in [0.5, 0.6) is 0 Å². The van der Waals surface area contributed by atoms with Crippen LogP contribution in [0.3, 0.4) is 0 Å². The van der Waals surface area contributed by atoms with Gasteiger partial charge in [0.15, 0.2) is 0 Å². The van der Waals surface area contributed by atoms with Gasteiger partial charge in [0.1, 0.15) is 17.1 Å². The standard InChI is InChI=1S/C20H21Cl2N5OS/c21-14-4-5-18(23-11-14)26-19-3-1-2-15(25-19)16-12-24-20(29-16)27-8-6-13(7-9-27)10-17(22)28/h1-5,11-13,20,24H,6-10H2,(H,23,25,26). The first-order valence-corrected chi connectivity index (χ1v) is 11.1. The van der Waals surface area contributed by atoms with Gasteiger partial charge in [0, 0.05) is 31.9 Å². The van der Waals surface area contributed by atoms with E-state index in [1.54, 1.807) is 24.0 Å². The van der Waals surface area contributed by atoms with Crippen LogP contribution in [0.25, 0.3) is 4.91 Å². The lowest BCUT2D eigenvalue weighted by Gasteiger charge is -2.35. The number of aromatic nitrogens is 2. The molecule has 1 unspecified atom stereocenters. The molecule has 0 bridgehead atoms. The number of anilines is 2. The summed E-state index contributed by atoms with van der Waals surface area (Å²) in [5.41, 5.74) is 1.10. The van der Waals surface area contributed by atoms with Crippen molar-refractivity contribution in [2.75, 3.05) is 18.4 Å². The van der Waals surface area contributed by atoms with Crippen LogP contribution in [-0.4, -0.2) is 38.7 Å². The van der Waals surface area contributed by atoms with Crippen LogP contribution < -0.4 is 10.6 Å². The molecular weight excluding hydrogens is 429 g/mol. The molecule has 152 valence electrons. The second kappa shape index (κ2) is 9.34. The molecule has 1 fully saturated rings. The molecular formula is C20H21Cl2N5OS. The fourth-order valence-electron chi connectivity index (χ4n) is 3.49. The summed E-state index contributed by atoms with van der Waals surface area (Å²) in [6.45, 7) is 1.91. The molecule has 1 saturated heterocycles. The Balaban J connectivity index is 1.34. The van der Waals surface area contributed by atoms with E-state index in [2.05, 4.69) is 20.5 Å². The molecule has 2 N–H and O–H groups in total. The van der Waals surface area contributed by atoms with Gasteiger partial charge < -0.3 is 10.6 Å². The fraction of sp³-hybridized carbons (Fsp3) is 0.350. The second-order valence-electron chi connectivity index (χ2n) is 7.08. The van der Waals surface area contributed by atoms with Crippen LogP contribution in [0.2, 0.25) is 5.02 Å². The molecule has 4 heterocycles. The zero-order valence-electron chi connectivity index (χ0n) is 15.6. The van der Waals surface area contributed by atoms with Gasteiger partial charge in [-0.1, -0.05) is 29.4 Å². The number of rotatable bonds is 6. The van der Waals surface area contributed by atoms with Gasteiger partial charge in [-0.05, 0) is 54.6 Å². The predicted octanol–water partition coefficient (Wildman–Crippen LogP) is 4.66. The van der Waals surface area contributed by atoms with Crippen LogP contribution in [0.1, 0.15) is 25.0 Å². The summed E-state index contributed by atoms with van der Waals surface area (Å²) in [4.78, 5) is 23.6. The first-order valence-electron chi connectivity index (χ1n) is 9.48. The molecule has 0 aliphatic carbocycles. The molecule has 29 heavy (non-hydrogen) atoms. The molecule has 6 nitrogen and oxygen atoms in total. The summed E-state index contributed by atoms with van der Waals surface area (Å²) < 4.78 is 0. The van der Waals surface area contributed by atoms with Crippen molar-refractivity contribution in [3.05, 3.63) is 53.4 Å². The largest absolute Gasteiger partial charge is 0.366 e. The third kappa shape index (κ3) is 5.42. The Hall–Kier alpha value is -1.80. The number of nitrogens with zero attached hydrogens (tertiary/aromatic N) is 3. The lowest BCUT2D eigenvalue weighted by molar-refractivity contribution is -0.112. The molecule has 2 aliphatic heterocycles. The summed E-state index contributed by atoms with van der Waals surface area (Å²) in [5.74, 6) is 1.83.